The molecule has 0 fully saturated rings. The Hall–Kier alpha value is -1.56. The van der Waals surface area contributed by atoms with Crippen LogP contribution in [0.15, 0.2) is 24.3 Å². The summed E-state index contributed by atoms with van der Waals surface area (Å²) >= 11 is 0. The minimum absolute atomic E-state index is 0.0413. The summed E-state index contributed by atoms with van der Waals surface area (Å²) in [5, 5.41) is 0. The normalized spacial score (nSPS) is 11.2. The molecule has 118 valence electrons. The second kappa shape index (κ2) is 8.02. The summed E-state index contributed by atoms with van der Waals surface area (Å²) in [5.41, 5.74) is 1.05. The summed E-state index contributed by atoms with van der Waals surface area (Å²) in [6, 6.07) is 6.55. The number of rotatable bonds is 8. The molecule has 0 radical (unpaired) electrons. The number of nitrogens with zero attached hydrogens (tertiary/aromatic N) is 1. The molecule has 0 aliphatic rings. The predicted molar refractivity (Wildman–Crippen MR) is 86.0 cm³/mol. The predicted octanol–water partition coefficient (Wildman–Crippen LogP) is 2.71. The van der Waals surface area contributed by atoms with E-state index < -0.39 is 10.0 Å². The Kier molecular flexibility index (Phi) is 6.68. The van der Waals surface area contributed by atoms with Gasteiger partial charge in [-0.2, -0.15) is 0 Å². The molecule has 5 nitrogen and oxygen atoms in total. The Morgan fingerprint density at radius 1 is 1.10 bits per heavy atom. The molecule has 0 atom stereocenters. The highest BCUT2D eigenvalue weighted by Crippen LogP contribution is 2.13. The number of anilines is 1. The van der Waals surface area contributed by atoms with Crippen LogP contribution >= 0.6 is 0 Å². The average Bonchev–Trinajstić information content (AvgIpc) is 2.46. The lowest BCUT2D eigenvalue weighted by Crippen LogP contribution is -2.30. The zero-order chi connectivity index (χ0) is 15.9. The molecule has 0 bridgehead atoms. The molecule has 0 unspecified atom stereocenters. The highest BCUT2D eigenvalue weighted by molar-refractivity contribution is 7.92. The lowest BCUT2D eigenvalue weighted by Gasteiger charge is -2.18. The first-order valence-corrected chi connectivity index (χ1v) is 8.98. The third kappa shape index (κ3) is 5.38. The molecular formula is C15H24N2O3S. The van der Waals surface area contributed by atoms with Gasteiger partial charge in [0.25, 0.3) is 5.91 Å². The standard InChI is InChI=1S/C15H24N2O3S/c1-4-7-12-21(19,20)16-14-10-8-13(9-11-14)15(18)17(5-2)6-3/h8-11,16H,4-7,12H2,1-3H3. The van der Waals surface area contributed by atoms with Crippen LogP contribution < -0.4 is 4.72 Å². The van der Waals surface area contributed by atoms with Crippen molar-refractivity contribution in [3.05, 3.63) is 29.8 Å². The van der Waals surface area contributed by atoms with Crippen molar-refractivity contribution in [2.75, 3.05) is 23.6 Å². The van der Waals surface area contributed by atoms with E-state index in [4.69, 9.17) is 0 Å². The zero-order valence-corrected chi connectivity index (χ0v) is 13.7. The zero-order valence-electron chi connectivity index (χ0n) is 12.9. The monoisotopic (exact) mass is 312 g/mol. The van der Waals surface area contributed by atoms with Crippen LogP contribution in [0.3, 0.4) is 0 Å². The fourth-order valence-corrected chi connectivity index (χ4v) is 3.21. The molecule has 0 aromatic heterocycles. The van der Waals surface area contributed by atoms with Gasteiger partial charge in [0, 0.05) is 24.3 Å². The van der Waals surface area contributed by atoms with Gasteiger partial charge in [0.1, 0.15) is 0 Å². The molecule has 1 aromatic carbocycles. The maximum absolute atomic E-state index is 12.1. The smallest absolute Gasteiger partial charge is 0.253 e. The summed E-state index contributed by atoms with van der Waals surface area (Å²) in [7, 11) is -3.30. The summed E-state index contributed by atoms with van der Waals surface area (Å²) in [6.45, 7) is 7.11. The van der Waals surface area contributed by atoms with E-state index in [0.717, 1.165) is 6.42 Å². The molecule has 1 aromatic rings. The Bertz CT molecular complexity index is 549. The van der Waals surface area contributed by atoms with E-state index in [2.05, 4.69) is 4.72 Å². The van der Waals surface area contributed by atoms with Crippen molar-refractivity contribution in [1.82, 2.24) is 4.90 Å². The molecule has 1 amide bonds. The Morgan fingerprint density at radius 2 is 1.67 bits per heavy atom. The number of amides is 1. The topological polar surface area (TPSA) is 66.5 Å². The van der Waals surface area contributed by atoms with Gasteiger partial charge in [-0.3, -0.25) is 9.52 Å². The van der Waals surface area contributed by atoms with E-state index in [1.165, 1.54) is 0 Å². The second-order valence-corrected chi connectivity index (χ2v) is 6.67. The maximum atomic E-state index is 12.1. The quantitative estimate of drug-likeness (QED) is 0.802. The van der Waals surface area contributed by atoms with Crippen molar-refractivity contribution in [1.29, 1.82) is 0 Å². The maximum Gasteiger partial charge on any atom is 0.253 e. The molecule has 21 heavy (non-hydrogen) atoms. The lowest BCUT2D eigenvalue weighted by atomic mass is 10.2. The SMILES string of the molecule is CCCCS(=O)(=O)Nc1ccc(C(=O)N(CC)CC)cc1. The van der Waals surface area contributed by atoms with E-state index in [1.807, 2.05) is 20.8 Å². The summed E-state index contributed by atoms with van der Waals surface area (Å²) in [5.74, 6) is 0.0734. The van der Waals surface area contributed by atoms with Crippen LogP contribution in [0.4, 0.5) is 5.69 Å². The van der Waals surface area contributed by atoms with Crippen LogP contribution in [0.1, 0.15) is 44.0 Å². The first kappa shape index (κ1) is 17.5. The van der Waals surface area contributed by atoms with Crippen molar-refractivity contribution in [3.63, 3.8) is 0 Å². The first-order valence-electron chi connectivity index (χ1n) is 7.33. The van der Waals surface area contributed by atoms with Crippen LogP contribution in [0.25, 0.3) is 0 Å². The van der Waals surface area contributed by atoms with Crippen LogP contribution in [0, 0.1) is 0 Å². The minimum atomic E-state index is -3.30. The van der Waals surface area contributed by atoms with Gasteiger partial charge in [0.2, 0.25) is 10.0 Å². The van der Waals surface area contributed by atoms with Crippen molar-refractivity contribution in [3.8, 4) is 0 Å². The second-order valence-electron chi connectivity index (χ2n) is 4.83. The van der Waals surface area contributed by atoms with Gasteiger partial charge in [0.15, 0.2) is 0 Å². The first-order chi connectivity index (χ1) is 9.93. The van der Waals surface area contributed by atoms with Crippen molar-refractivity contribution >= 4 is 21.6 Å². The van der Waals surface area contributed by atoms with Gasteiger partial charge in [0.05, 0.1) is 5.75 Å². The number of carbonyl (C=O) groups excluding carboxylic acids is 1. The molecule has 0 aliphatic carbocycles. The molecule has 6 heteroatoms. The number of carbonyl (C=O) groups is 1. The number of nitrogens with one attached hydrogen (secondary N) is 1. The highest BCUT2D eigenvalue weighted by atomic mass is 32.2. The number of hydrogen-bond acceptors (Lipinski definition) is 3. The molecule has 0 saturated heterocycles. The molecule has 1 rings (SSSR count). The van der Waals surface area contributed by atoms with E-state index >= 15 is 0 Å². The molecule has 1 N–H and O–H groups in total. The van der Waals surface area contributed by atoms with Crippen molar-refractivity contribution < 1.29 is 13.2 Å². The van der Waals surface area contributed by atoms with Gasteiger partial charge in [-0.1, -0.05) is 13.3 Å². The molecule has 0 saturated carbocycles. The van der Waals surface area contributed by atoms with E-state index in [9.17, 15) is 13.2 Å². The van der Waals surface area contributed by atoms with E-state index in [0.29, 0.717) is 30.8 Å². The largest absolute Gasteiger partial charge is 0.339 e. The Balaban J connectivity index is 2.77. The van der Waals surface area contributed by atoms with Crippen LogP contribution in [-0.4, -0.2) is 38.1 Å². The van der Waals surface area contributed by atoms with E-state index in [1.54, 1.807) is 29.2 Å². The third-order valence-electron chi connectivity index (χ3n) is 3.22. The van der Waals surface area contributed by atoms with Gasteiger partial charge < -0.3 is 4.90 Å². The number of unbranched alkanes of at least 4 members (excludes halogenated alkanes) is 1. The highest BCUT2D eigenvalue weighted by Gasteiger charge is 2.13. The van der Waals surface area contributed by atoms with Crippen LogP contribution in [0.2, 0.25) is 0 Å². The minimum Gasteiger partial charge on any atom is -0.339 e. The molecule has 0 aliphatic heterocycles. The van der Waals surface area contributed by atoms with Gasteiger partial charge in [-0.05, 0) is 44.5 Å². The summed E-state index contributed by atoms with van der Waals surface area (Å²) in [4.78, 5) is 13.9. The Labute approximate surface area is 127 Å². The number of hydrogen-bond donors (Lipinski definition) is 1. The van der Waals surface area contributed by atoms with Crippen molar-refractivity contribution in [2.24, 2.45) is 0 Å². The summed E-state index contributed by atoms with van der Waals surface area (Å²) in [6.07, 6.45) is 1.46. The van der Waals surface area contributed by atoms with Crippen LogP contribution in [-0.2, 0) is 10.0 Å². The molecule has 0 spiro atoms. The number of sulfonamides is 1. The summed E-state index contributed by atoms with van der Waals surface area (Å²) < 4.78 is 26.1. The molecular weight excluding hydrogens is 288 g/mol. The van der Waals surface area contributed by atoms with Gasteiger partial charge in [-0.15, -0.1) is 0 Å². The van der Waals surface area contributed by atoms with Gasteiger partial charge >= 0.3 is 0 Å². The average molecular weight is 312 g/mol. The Morgan fingerprint density at radius 3 is 2.14 bits per heavy atom. The van der Waals surface area contributed by atoms with Crippen molar-refractivity contribution in [2.45, 2.75) is 33.6 Å². The fourth-order valence-electron chi connectivity index (χ4n) is 1.94. The fraction of sp³-hybridized carbons (Fsp3) is 0.533. The molecule has 0 heterocycles. The number of benzene rings is 1. The van der Waals surface area contributed by atoms with Gasteiger partial charge in [-0.25, -0.2) is 8.42 Å². The third-order valence-corrected chi connectivity index (χ3v) is 4.60. The van der Waals surface area contributed by atoms with Crippen LogP contribution in [0.5, 0.6) is 0 Å². The van der Waals surface area contributed by atoms with E-state index in [-0.39, 0.29) is 11.7 Å². The lowest BCUT2D eigenvalue weighted by molar-refractivity contribution is 0.0773.